The van der Waals surface area contributed by atoms with Gasteiger partial charge >= 0.3 is 6.03 Å². The Morgan fingerprint density at radius 3 is 2.65 bits per heavy atom. The summed E-state index contributed by atoms with van der Waals surface area (Å²) >= 11 is 0. The summed E-state index contributed by atoms with van der Waals surface area (Å²) in [5.74, 6) is -0.632. The van der Waals surface area contributed by atoms with Gasteiger partial charge in [0.1, 0.15) is 17.9 Å². The van der Waals surface area contributed by atoms with E-state index in [0.29, 0.717) is 24.3 Å². The molecule has 2 fully saturated rings. The number of hydrogen-bond donors (Lipinski definition) is 2. The summed E-state index contributed by atoms with van der Waals surface area (Å²) in [6.45, 7) is 1.79. The van der Waals surface area contributed by atoms with Crippen LogP contribution in [0.2, 0.25) is 0 Å². The van der Waals surface area contributed by atoms with E-state index in [4.69, 9.17) is 0 Å². The zero-order valence-electron chi connectivity index (χ0n) is 14.9. The molecule has 1 saturated carbocycles. The molecular weight excluding hydrogens is 337 g/mol. The fourth-order valence-electron chi connectivity index (χ4n) is 3.77. The van der Waals surface area contributed by atoms with Crippen LogP contribution in [0, 0.1) is 11.7 Å². The SMILES string of the molecule is CCC1CCC2(CC1)NC(=O)N(CC(=O)NCc1ccccc1F)C2=O. The van der Waals surface area contributed by atoms with Crippen LogP contribution in [0.1, 0.15) is 44.6 Å². The van der Waals surface area contributed by atoms with Crippen LogP contribution in [-0.2, 0) is 16.1 Å². The van der Waals surface area contributed by atoms with Crippen molar-refractivity contribution in [1.29, 1.82) is 0 Å². The third kappa shape index (κ3) is 3.57. The first kappa shape index (κ1) is 18.4. The second-order valence-electron chi connectivity index (χ2n) is 7.12. The molecule has 3 rings (SSSR count). The number of nitrogens with one attached hydrogen (secondary N) is 2. The van der Waals surface area contributed by atoms with Crippen molar-refractivity contribution in [3.05, 3.63) is 35.6 Å². The summed E-state index contributed by atoms with van der Waals surface area (Å²) < 4.78 is 13.6. The molecule has 6 nitrogen and oxygen atoms in total. The molecule has 2 aliphatic rings. The van der Waals surface area contributed by atoms with E-state index < -0.39 is 23.3 Å². The van der Waals surface area contributed by atoms with Crippen LogP contribution in [0.3, 0.4) is 0 Å². The molecule has 1 aliphatic heterocycles. The number of hydrogen-bond acceptors (Lipinski definition) is 3. The van der Waals surface area contributed by atoms with Gasteiger partial charge in [-0.15, -0.1) is 0 Å². The summed E-state index contributed by atoms with van der Waals surface area (Å²) in [6, 6.07) is 5.62. The van der Waals surface area contributed by atoms with Crippen molar-refractivity contribution in [1.82, 2.24) is 15.5 Å². The van der Waals surface area contributed by atoms with Gasteiger partial charge in [0.2, 0.25) is 5.91 Å². The molecule has 0 bridgehead atoms. The molecule has 0 unspecified atom stereocenters. The lowest BCUT2D eigenvalue weighted by molar-refractivity contribution is -0.136. The van der Waals surface area contributed by atoms with Crippen molar-refractivity contribution < 1.29 is 18.8 Å². The molecule has 1 heterocycles. The smallest absolute Gasteiger partial charge is 0.325 e. The Morgan fingerprint density at radius 2 is 2.00 bits per heavy atom. The van der Waals surface area contributed by atoms with Crippen LogP contribution < -0.4 is 10.6 Å². The molecule has 26 heavy (non-hydrogen) atoms. The van der Waals surface area contributed by atoms with E-state index in [9.17, 15) is 18.8 Å². The molecule has 1 aromatic carbocycles. The predicted molar refractivity (Wildman–Crippen MR) is 93.5 cm³/mol. The number of nitrogens with zero attached hydrogens (tertiary/aromatic N) is 1. The van der Waals surface area contributed by atoms with Gasteiger partial charge in [0.05, 0.1) is 0 Å². The number of rotatable bonds is 5. The first-order valence-corrected chi connectivity index (χ1v) is 9.09. The summed E-state index contributed by atoms with van der Waals surface area (Å²) in [6.07, 6.45) is 4.10. The quantitative estimate of drug-likeness (QED) is 0.790. The Balaban J connectivity index is 1.58. The lowest BCUT2D eigenvalue weighted by Crippen LogP contribution is -2.50. The molecule has 7 heteroatoms. The van der Waals surface area contributed by atoms with Crippen molar-refractivity contribution in [2.75, 3.05) is 6.54 Å². The normalized spacial score (nSPS) is 25.5. The highest BCUT2D eigenvalue weighted by Gasteiger charge is 2.52. The maximum absolute atomic E-state index is 13.6. The molecular formula is C19H24FN3O3. The number of imide groups is 1. The van der Waals surface area contributed by atoms with E-state index in [1.807, 2.05) is 0 Å². The third-order valence-corrected chi connectivity index (χ3v) is 5.52. The first-order chi connectivity index (χ1) is 12.4. The molecule has 0 aromatic heterocycles. The van der Waals surface area contributed by atoms with Crippen LogP contribution in [-0.4, -0.2) is 34.8 Å². The van der Waals surface area contributed by atoms with Crippen LogP contribution in [0.25, 0.3) is 0 Å². The Labute approximate surface area is 152 Å². The highest BCUT2D eigenvalue weighted by atomic mass is 19.1. The van der Waals surface area contributed by atoms with Gasteiger partial charge in [-0.2, -0.15) is 0 Å². The largest absolute Gasteiger partial charge is 0.350 e. The molecule has 4 amide bonds. The van der Waals surface area contributed by atoms with Crippen LogP contribution in [0.4, 0.5) is 9.18 Å². The van der Waals surface area contributed by atoms with Gasteiger partial charge in [0, 0.05) is 12.1 Å². The zero-order chi connectivity index (χ0) is 18.7. The minimum absolute atomic E-state index is 0.0124. The number of carbonyl (C=O) groups is 3. The van der Waals surface area contributed by atoms with Crippen molar-refractivity contribution in [2.45, 2.75) is 51.1 Å². The van der Waals surface area contributed by atoms with Gasteiger partial charge in [0.25, 0.3) is 5.91 Å². The summed E-state index contributed by atoms with van der Waals surface area (Å²) in [7, 11) is 0. The highest BCUT2D eigenvalue weighted by Crippen LogP contribution is 2.37. The molecule has 140 valence electrons. The van der Waals surface area contributed by atoms with Crippen molar-refractivity contribution >= 4 is 17.8 Å². The average Bonchev–Trinajstić information content (AvgIpc) is 2.86. The second kappa shape index (κ2) is 7.43. The molecule has 2 N–H and O–H groups in total. The number of carbonyl (C=O) groups excluding carboxylic acids is 3. The van der Waals surface area contributed by atoms with Crippen LogP contribution >= 0.6 is 0 Å². The van der Waals surface area contributed by atoms with Crippen molar-refractivity contribution in [3.63, 3.8) is 0 Å². The van der Waals surface area contributed by atoms with E-state index in [2.05, 4.69) is 17.6 Å². The average molecular weight is 361 g/mol. The summed E-state index contributed by atoms with van der Waals surface area (Å²) in [5, 5.41) is 5.36. The van der Waals surface area contributed by atoms with Gasteiger partial charge in [-0.25, -0.2) is 9.18 Å². The zero-order valence-corrected chi connectivity index (χ0v) is 14.9. The predicted octanol–water partition coefficient (Wildman–Crippen LogP) is 2.33. The van der Waals surface area contributed by atoms with Crippen LogP contribution in [0.15, 0.2) is 24.3 Å². The highest BCUT2D eigenvalue weighted by molar-refractivity contribution is 6.09. The second-order valence-corrected chi connectivity index (χ2v) is 7.12. The van der Waals surface area contributed by atoms with Gasteiger partial charge in [-0.1, -0.05) is 31.5 Å². The maximum Gasteiger partial charge on any atom is 0.325 e. The number of benzene rings is 1. The van der Waals surface area contributed by atoms with E-state index in [1.165, 1.54) is 6.07 Å². The van der Waals surface area contributed by atoms with Crippen molar-refractivity contribution in [3.8, 4) is 0 Å². The van der Waals surface area contributed by atoms with Crippen LogP contribution in [0.5, 0.6) is 0 Å². The van der Waals surface area contributed by atoms with Gasteiger partial charge in [0.15, 0.2) is 0 Å². The number of halogens is 1. The first-order valence-electron chi connectivity index (χ1n) is 9.09. The Morgan fingerprint density at radius 1 is 1.31 bits per heavy atom. The van der Waals surface area contributed by atoms with E-state index in [-0.39, 0.29) is 19.0 Å². The maximum atomic E-state index is 13.6. The Bertz CT molecular complexity index is 714. The Kier molecular flexibility index (Phi) is 5.25. The minimum Gasteiger partial charge on any atom is -0.350 e. The summed E-state index contributed by atoms with van der Waals surface area (Å²) in [4.78, 5) is 38.1. The lowest BCUT2D eigenvalue weighted by Gasteiger charge is -2.34. The summed E-state index contributed by atoms with van der Waals surface area (Å²) in [5.41, 5.74) is -0.499. The van der Waals surface area contributed by atoms with Crippen molar-refractivity contribution in [2.24, 2.45) is 5.92 Å². The topological polar surface area (TPSA) is 78.5 Å². The standard InChI is InChI=1S/C19H24FN3O3/c1-2-13-7-9-19(10-8-13)17(25)23(18(26)22-19)12-16(24)21-11-14-5-3-4-6-15(14)20/h3-6,13H,2,7-12H2,1H3,(H,21,24)(H,22,26). The molecule has 1 spiro atoms. The minimum atomic E-state index is -0.853. The molecule has 1 aromatic rings. The van der Waals surface area contributed by atoms with Gasteiger partial charge in [-0.05, 0) is 37.7 Å². The molecule has 1 aliphatic carbocycles. The fourth-order valence-corrected chi connectivity index (χ4v) is 3.77. The number of urea groups is 1. The van der Waals surface area contributed by atoms with Gasteiger partial charge in [-0.3, -0.25) is 14.5 Å². The molecule has 1 saturated heterocycles. The lowest BCUT2D eigenvalue weighted by atomic mass is 9.75. The Hall–Kier alpha value is -2.44. The molecule has 0 atom stereocenters. The monoisotopic (exact) mass is 361 g/mol. The fraction of sp³-hybridized carbons (Fsp3) is 0.526. The number of amides is 4. The van der Waals surface area contributed by atoms with E-state index in [1.54, 1.807) is 18.2 Å². The van der Waals surface area contributed by atoms with E-state index >= 15 is 0 Å². The van der Waals surface area contributed by atoms with E-state index in [0.717, 1.165) is 24.2 Å². The van der Waals surface area contributed by atoms with Gasteiger partial charge < -0.3 is 10.6 Å². The third-order valence-electron chi connectivity index (χ3n) is 5.52. The molecule has 0 radical (unpaired) electrons.